The van der Waals surface area contributed by atoms with E-state index in [0.717, 1.165) is 18.4 Å². The molecule has 1 saturated heterocycles. The summed E-state index contributed by atoms with van der Waals surface area (Å²) >= 11 is 0. The van der Waals surface area contributed by atoms with Crippen LogP contribution in [0.25, 0.3) is 6.08 Å². The molecule has 0 unspecified atom stereocenters. The van der Waals surface area contributed by atoms with Gasteiger partial charge < -0.3 is 19.5 Å². The van der Waals surface area contributed by atoms with Gasteiger partial charge in [0.2, 0.25) is 0 Å². The molecule has 1 atom stereocenters. The van der Waals surface area contributed by atoms with Crippen molar-refractivity contribution in [2.24, 2.45) is 0 Å². The molecule has 1 fully saturated rings. The van der Waals surface area contributed by atoms with E-state index in [1.54, 1.807) is 30.3 Å². The number of carbonyl (C=O) groups excluding carboxylic acids is 1. The van der Waals surface area contributed by atoms with Gasteiger partial charge in [-0.25, -0.2) is 4.39 Å². The van der Waals surface area contributed by atoms with Crippen LogP contribution in [0.2, 0.25) is 0 Å². The van der Waals surface area contributed by atoms with Gasteiger partial charge in [0.25, 0.3) is 5.91 Å². The van der Waals surface area contributed by atoms with Crippen molar-refractivity contribution in [2.45, 2.75) is 25.6 Å². The van der Waals surface area contributed by atoms with Crippen LogP contribution in [0, 0.1) is 17.1 Å². The molecule has 0 aromatic heterocycles. The summed E-state index contributed by atoms with van der Waals surface area (Å²) in [6.45, 7) is 1.34. The van der Waals surface area contributed by atoms with E-state index < -0.39 is 5.91 Å². The van der Waals surface area contributed by atoms with Crippen molar-refractivity contribution in [2.75, 3.05) is 20.3 Å². The van der Waals surface area contributed by atoms with Gasteiger partial charge in [-0.3, -0.25) is 4.79 Å². The molecule has 30 heavy (non-hydrogen) atoms. The van der Waals surface area contributed by atoms with Gasteiger partial charge in [0, 0.05) is 13.2 Å². The molecular weight excluding hydrogens is 387 g/mol. The highest BCUT2D eigenvalue weighted by atomic mass is 19.1. The zero-order chi connectivity index (χ0) is 21.3. The minimum atomic E-state index is -0.441. The average Bonchev–Trinajstić information content (AvgIpc) is 3.29. The maximum Gasteiger partial charge on any atom is 0.262 e. The minimum absolute atomic E-state index is 0.00460. The highest BCUT2D eigenvalue weighted by molar-refractivity contribution is 6.01. The maximum absolute atomic E-state index is 13.0. The number of nitriles is 1. The Morgan fingerprint density at radius 1 is 1.30 bits per heavy atom. The molecule has 1 N–H and O–H groups in total. The lowest BCUT2D eigenvalue weighted by atomic mass is 10.1. The monoisotopic (exact) mass is 410 g/mol. The fourth-order valence-electron chi connectivity index (χ4n) is 3.06. The number of hydrogen-bond acceptors (Lipinski definition) is 5. The van der Waals surface area contributed by atoms with E-state index in [0.29, 0.717) is 30.2 Å². The van der Waals surface area contributed by atoms with Crippen LogP contribution in [0.3, 0.4) is 0 Å². The van der Waals surface area contributed by atoms with Crippen LogP contribution in [-0.4, -0.2) is 32.3 Å². The number of halogens is 1. The first-order chi connectivity index (χ1) is 14.6. The standard InChI is InChI=1S/C23H23FN2O4/c1-28-22-12-17(6-9-21(22)30-15-16-4-7-19(24)8-5-16)11-18(13-25)23(27)26-14-20-3-2-10-29-20/h4-9,11-12,20H,2-3,10,14-15H2,1H3,(H,26,27)/b18-11+/t20-/m1/s1. The minimum Gasteiger partial charge on any atom is -0.493 e. The van der Waals surface area contributed by atoms with Crippen molar-refractivity contribution in [1.82, 2.24) is 5.32 Å². The van der Waals surface area contributed by atoms with Gasteiger partial charge in [0.15, 0.2) is 11.5 Å². The number of amides is 1. The van der Waals surface area contributed by atoms with E-state index in [2.05, 4.69) is 5.32 Å². The van der Waals surface area contributed by atoms with Crippen LogP contribution in [-0.2, 0) is 16.1 Å². The van der Waals surface area contributed by atoms with Gasteiger partial charge in [0.1, 0.15) is 24.1 Å². The van der Waals surface area contributed by atoms with Crippen LogP contribution in [0.1, 0.15) is 24.0 Å². The van der Waals surface area contributed by atoms with Crippen molar-refractivity contribution in [1.29, 1.82) is 5.26 Å². The molecule has 1 amide bonds. The van der Waals surface area contributed by atoms with E-state index in [-0.39, 0.29) is 24.1 Å². The summed E-state index contributed by atoms with van der Waals surface area (Å²) in [6.07, 6.45) is 3.39. The topological polar surface area (TPSA) is 80.6 Å². The molecule has 3 rings (SSSR count). The Hall–Kier alpha value is -3.37. The Bertz CT molecular complexity index is 945. The number of nitrogens with one attached hydrogen (secondary N) is 1. The molecule has 1 aliphatic heterocycles. The van der Waals surface area contributed by atoms with Gasteiger partial charge in [0.05, 0.1) is 13.2 Å². The van der Waals surface area contributed by atoms with E-state index >= 15 is 0 Å². The highest BCUT2D eigenvalue weighted by Crippen LogP contribution is 2.29. The summed E-state index contributed by atoms with van der Waals surface area (Å²) < 4.78 is 29.6. The van der Waals surface area contributed by atoms with Gasteiger partial charge in [-0.05, 0) is 54.3 Å². The molecule has 0 spiro atoms. The number of rotatable bonds is 8. The van der Waals surface area contributed by atoms with Crippen molar-refractivity contribution in [3.8, 4) is 17.6 Å². The Kier molecular flexibility index (Phi) is 7.41. The highest BCUT2D eigenvalue weighted by Gasteiger charge is 2.17. The fraction of sp³-hybridized carbons (Fsp3) is 0.304. The smallest absolute Gasteiger partial charge is 0.262 e. The van der Waals surface area contributed by atoms with Crippen molar-refractivity contribution < 1.29 is 23.4 Å². The third-order valence-electron chi connectivity index (χ3n) is 4.69. The second kappa shape index (κ2) is 10.4. The molecule has 0 aliphatic carbocycles. The summed E-state index contributed by atoms with van der Waals surface area (Å²) in [5, 5.41) is 12.1. The van der Waals surface area contributed by atoms with Crippen molar-refractivity contribution in [3.05, 3.63) is 65.0 Å². The third kappa shape index (κ3) is 5.82. The SMILES string of the molecule is COc1cc(/C=C(\C#N)C(=O)NC[C@H]2CCCO2)ccc1OCc1ccc(F)cc1. The van der Waals surface area contributed by atoms with E-state index in [1.165, 1.54) is 25.3 Å². The first-order valence-electron chi connectivity index (χ1n) is 9.66. The molecule has 1 heterocycles. The molecule has 2 aromatic rings. The quantitative estimate of drug-likeness (QED) is 0.531. The number of nitrogens with zero attached hydrogens (tertiary/aromatic N) is 1. The molecule has 1 aliphatic rings. The van der Waals surface area contributed by atoms with E-state index in [9.17, 15) is 14.4 Å². The second-order valence-corrected chi connectivity index (χ2v) is 6.84. The van der Waals surface area contributed by atoms with Crippen LogP contribution in [0.5, 0.6) is 11.5 Å². The lowest BCUT2D eigenvalue weighted by Crippen LogP contribution is -2.32. The molecule has 156 valence electrons. The van der Waals surface area contributed by atoms with Crippen LogP contribution >= 0.6 is 0 Å². The number of hydrogen-bond donors (Lipinski definition) is 1. The zero-order valence-electron chi connectivity index (χ0n) is 16.7. The molecule has 0 saturated carbocycles. The van der Waals surface area contributed by atoms with Gasteiger partial charge in [-0.2, -0.15) is 5.26 Å². The van der Waals surface area contributed by atoms with Gasteiger partial charge >= 0.3 is 0 Å². The first kappa shape index (κ1) is 21.3. The summed E-state index contributed by atoms with van der Waals surface area (Å²) in [7, 11) is 1.51. The van der Waals surface area contributed by atoms with Crippen molar-refractivity contribution >= 4 is 12.0 Å². The summed E-state index contributed by atoms with van der Waals surface area (Å²) in [5.41, 5.74) is 1.44. The van der Waals surface area contributed by atoms with E-state index in [4.69, 9.17) is 14.2 Å². The van der Waals surface area contributed by atoms with Crippen LogP contribution in [0.4, 0.5) is 4.39 Å². The lowest BCUT2D eigenvalue weighted by molar-refractivity contribution is -0.117. The molecular formula is C23H23FN2O4. The zero-order valence-corrected chi connectivity index (χ0v) is 16.7. The first-order valence-corrected chi connectivity index (χ1v) is 9.66. The van der Waals surface area contributed by atoms with Crippen LogP contribution < -0.4 is 14.8 Å². The fourth-order valence-corrected chi connectivity index (χ4v) is 3.06. The third-order valence-corrected chi connectivity index (χ3v) is 4.69. The average molecular weight is 410 g/mol. The molecule has 0 radical (unpaired) electrons. The van der Waals surface area contributed by atoms with Gasteiger partial charge in [-0.15, -0.1) is 0 Å². The predicted octanol–water partition coefficient (Wildman–Crippen LogP) is 3.62. The Labute approximate surface area is 174 Å². The summed E-state index contributed by atoms with van der Waals surface area (Å²) in [5.74, 6) is 0.215. The Balaban J connectivity index is 1.66. The number of benzene rings is 2. The molecule has 0 bridgehead atoms. The largest absolute Gasteiger partial charge is 0.493 e. The second-order valence-electron chi connectivity index (χ2n) is 6.84. The summed E-state index contributed by atoms with van der Waals surface area (Å²) in [4.78, 5) is 12.3. The number of ether oxygens (including phenoxy) is 3. The van der Waals surface area contributed by atoms with Crippen LogP contribution in [0.15, 0.2) is 48.0 Å². The predicted molar refractivity (Wildman–Crippen MR) is 109 cm³/mol. The molecule has 2 aromatic carbocycles. The Morgan fingerprint density at radius 2 is 2.10 bits per heavy atom. The number of methoxy groups -OCH3 is 1. The van der Waals surface area contributed by atoms with Crippen molar-refractivity contribution in [3.63, 3.8) is 0 Å². The lowest BCUT2D eigenvalue weighted by Gasteiger charge is -2.12. The number of carbonyl (C=O) groups is 1. The molecule has 7 heteroatoms. The maximum atomic E-state index is 13.0. The van der Waals surface area contributed by atoms with E-state index in [1.807, 2.05) is 6.07 Å². The normalized spacial score (nSPS) is 16.0. The summed E-state index contributed by atoms with van der Waals surface area (Å²) in [6, 6.07) is 13.1. The Morgan fingerprint density at radius 3 is 2.77 bits per heavy atom. The van der Waals surface area contributed by atoms with Gasteiger partial charge in [-0.1, -0.05) is 18.2 Å². The molecule has 6 nitrogen and oxygen atoms in total.